The zero-order valence-corrected chi connectivity index (χ0v) is 12.4. The summed E-state index contributed by atoms with van der Waals surface area (Å²) in [5.41, 5.74) is 0. The molecule has 0 bridgehead atoms. The summed E-state index contributed by atoms with van der Waals surface area (Å²) in [5, 5.41) is 4.12. The summed E-state index contributed by atoms with van der Waals surface area (Å²) in [7, 11) is 1.94. The minimum atomic E-state index is 0.550. The fourth-order valence-electron chi connectivity index (χ4n) is 2.73. The van der Waals surface area contributed by atoms with Crippen LogP contribution in [-0.2, 0) is 13.6 Å². The molecule has 2 aromatic rings. The normalized spacial score (nSPS) is 19.6. The van der Waals surface area contributed by atoms with Gasteiger partial charge < -0.3 is 4.74 Å². The largest absolute Gasteiger partial charge is 0.477 e. The zero-order valence-electron chi connectivity index (χ0n) is 12.4. The first kappa shape index (κ1) is 14.0. The Balaban J connectivity index is 1.50. The molecule has 0 spiro atoms. The smallest absolute Gasteiger partial charge is 0.213 e. The van der Waals surface area contributed by atoms with E-state index in [0.29, 0.717) is 11.8 Å². The Morgan fingerprint density at radius 1 is 1.33 bits per heavy atom. The molecule has 112 valence electrons. The van der Waals surface area contributed by atoms with Gasteiger partial charge in [0.1, 0.15) is 12.2 Å². The second-order valence-electron chi connectivity index (χ2n) is 5.52. The van der Waals surface area contributed by atoms with Gasteiger partial charge in [-0.3, -0.25) is 9.58 Å². The van der Waals surface area contributed by atoms with Crippen molar-refractivity contribution in [3.05, 3.63) is 36.5 Å². The number of pyridine rings is 1. The standard InChI is InChI=1S/C15H21N5O/c1-19-14(17-12-18-19)10-20-8-4-5-13(9-20)11-21-15-6-2-3-7-16-15/h2-3,6-7,12-13H,4-5,8-11H2,1H3. The van der Waals surface area contributed by atoms with E-state index in [1.165, 1.54) is 12.8 Å². The van der Waals surface area contributed by atoms with Crippen molar-refractivity contribution in [1.82, 2.24) is 24.6 Å². The van der Waals surface area contributed by atoms with Crippen LogP contribution in [0.4, 0.5) is 0 Å². The first-order chi connectivity index (χ1) is 10.3. The number of piperidine rings is 1. The molecule has 3 heterocycles. The maximum atomic E-state index is 5.78. The highest BCUT2D eigenvalue weighted by atomic mass is 16.5. The molecule has 0 amide bonds. The Labute approximate surface area is 124 Å². The highest BCUT2D eigenvalue weighted by Crippen LogP contribution is 2.19. The molecule has 0 aliphatic carbocycles. The molecular weight excluding hydrogens is 266 g/mol. The summed E-state index contributed by atoms with van der Waals surface area (Å²) in [6.45, 7) is 3.75. The van der Waals surface area contributed by atoms with Crippen molar-refractivity contribution in [1.29, 1.82) is 0 Å². The average Bonchev–Trinajstić information content (AvgIpc) is 2.92. The summed E-state index contributed by atoms with van der Waals surface area (Å²) in [5.74, 6) is 2.28. The van der Waals surface area contributed by atoms with E-state index in [0.717, 1.165) is 32.1 Å². The van der Waals surface area contributed by atoms with Crippen LogP contribution in [0.25, 0.3) is 0 Å². The van der Waals surface area contributed by atoms with Gasteiger partial charge in [-0.05, 0) is 25.5 Å². The molecule has 6 heteroatoms. The lowest BCUT2D eigenvalue weighted by atomic mass is 9.99. The number of likely N-dealkylation sites (tertiary alicyclic amines) is 1. The van der Waals surface area contributed by atoms with Crippen molar-refractivity contribution in [2.45, 2.75) is 19.4 Å². The van der Waals surface area contributed by atoms with Gasteiger partial charge in [-0.15, -0.1) is 0 Å². The number of nitrogens with zero attached hydrogens (tertiary/aromatic N) is 5. The second kappa shape index (κ2) is 6.67. The molecule has 1 atom stereocenters. The zero-order chi connectivity index (χ0) is 14.5. The minimum Gasteiger partial charge on any atom is -0.477 e. The van der Waals surface area contributed by atoms with Gasteiger partial charge in [0.15, 0.2) is 0 Å². The third kappa shape index (κ3) is 3.78. The number of rotatable bonds is 5. The van der Waals surface area contributed by atoms with Crippen molar-refractivity contribution in [2.75, 3.05) is 19.7 Å². The van der Waals surface area contributed by atoms with Gasteiger partial charge in [0.05, 0.1) is 13.2 Å². The van der Waals surface area contributed by atoms with Crippen LogP contribution in [0.3, 0.4) is 0 Å². The summed E-state index contributed by atoms with van der Waals surface area (Å²) in [6, 6.07) is 5.75. The predicted octanol–water partition coefficient (Wildman–Crippen LogP) is 1.50. The van der Waals surface area contributed by atoms with Gasteiger partial charge in [0.2, 0.25) is 5.88 Å². The molecule has 2 aromatic heterocycles. The molecule has 21 heavy (non-hydrogen) atoms. The van der Waals surface area contributed by atoms with Crippen molar-refractivity contribution in [2.24, 2.45) is 13.0 Å². The Morgan fingerprint density at radius 2 is 2.29 bits per heavy atom. The monoisotopic (exact) mass is 287 g/mol. The molecule has 1 aliphatic rings. The van der Waals surface area contributed by atoms with Crippen LogP contribution in [0.2, 0.25) is 0 Å². The highest BCUT2D eigenvalue weighted by molar-refractivity contribution is 5.09. The average molecular weight is 287 g/mol. The van der Waals surface area contributed by atoms with Crippen LogP contribution in [0.15, 0.2) is 30.7 Å². The van der Waals surface area contributed by atoms with Gasteiger partial charge in [-0.2, -0.15) is 5.10 Å². The van der Waals surface area contributed by atoms with Crippen LogP contribution >= 0.6 is 0 Å². The molecule has 6 nitrogen and oxygen atoms in total. The van der Waals surface area contributed by atoms with E-state index in [1.807, 2.05) is 29.9 Å². The Hall–Kier alpha value is -1.95. The molecule has 0 radical (unpaired) electrons. The number of ether oxygens (including phenoxy) is 1. The molecule has 3 rings (SSSR count). The quantitative estimate of drug-likeness (QED) is 0.834. The fraction of sp³-hybridized carbons (Fsp3) is 0.533. The van der Waals surface area contributed by atoms with Crippen molar-refractivity contribution in [3.63, 3.8) is 0 Å². The molecule has 0 aromatic carbocycles. The SMILES string of the molecule is Cn1ncnc1CN1CCCC(COc2ccccn2)C1. The summed E-state index contributed by atoms with van der Waals surface area (Å²) in [4.78, 5) is 10.9. The number of aryl methyl sites for hydroxylation is 1. The lowest BCUT2D eigenvalue weighted by Gasteiger charge is -2.32. The Kier molecular flexibility index (Phi) is 4.45. The number of hydrogen-bond donors (Lipinski definition) is 0. The predicted molar refractivity (Wildman–Crippen MR) is 78.7 cm³/mol. The van der Waals surface area contributed by atoms with E-state index in [-0.39, 0.29) is 0 Å². The van der Waals surface area contributed by atoms with Crippen molar-refractivity contribution in [3.8, 4) is 5.88 Å². The van der Waals surface area contributed by atoms with E-state index < -0.39 is 0 Å². The number of aromatic nitrogens is 4. The highest BCUT2D eigenvalue weighted by Gasteiger charge is 2.21. The van der Waals surface area contributed by atoms with Crippen LogP contribution in [-0.4, -0.2) is 44.3 Å². The van der Waals surface area contributed by atoms with Gasteiger partial charge in [-0.25, -0.2) is 9.97 Å². The third-order valence-corrected chi connectivity index (χ3v) is 3.88. The van der Waals surface area contributed by atoms with Crippen molar-refractivity contribution >= 4 is 0 Å². The second-order valence-corrected chi connectivity index (χ2v) is 5.52. The first-order valence-electron chi connectivity index (χ1n) is 7.40. The molecule has 1 unspecified atom stereocenters. The molecule has 1 saturated heterocycles. The lowest BCUT2D eigenvalue weighted by Crippen LogP contribution is -2.37. The maximum Gasteiger partial charge on any atom is 0.213 e. The summed E-state index contributed by atoms with van der Waals surface area (Å²) < 4.78 is 7.62. The molecule has 1 fully saturated rings. The van der Waals surface area contributed by atoms with E-state index in [4.69, 9.17) is 4.74 Å². The third-order valence-electron chi connectivity index (χ3n) is 3.88. The van der Waals surface area contributed by atoms with Gasteiger partial charge in [-0.1, -0.05) is 6.07 Å². The fourth-order valence-corrected chi connectivity index (χ4v) is 2.73. The first-order valence-corrected chi connectivity index (χ1v) is 7.40. The van der Waals surface area contributed by atoms with Crippen LogP contribution < -0.4 is 4.74 Å². The molecular formula is C15H21N5O. The van der Waals surface area contributed by atoms with Crippen LogP contribution in [0.1, 0.15) is 18.7 Å². The maximum absolute atomic E-state index is 5.78. The van der Waals surface area contributed by atoms with Gasteiger partial charge in [0, 0.05) is 31.8 Å². The van der Waals surface area contributed by atoms with E-state index >= 15 is 0 Å². The van der Waals surface area contributed by atoms with Gasteiger partial charge >= 0.3 is 0 Å². The Morgan fingerprint density at radius 3 is 3.05 bits per heavy atom. The topological polar surface area (TPSA) is 56.1 Å². The minimum absolute atomic E-state index is 0.550. The van der Waals surface area contributed by atoms with E-state index in [9.17, 15) is 0 Å². The molecule has 1 aliphatic heterocycles. The van der Waals surface area contributed by atoms with Crippen LogP contribution in [0.5, 0.6) is 5.88 Å². The van der Waals surface area contributed by atoms with Crippen LogP contribution in [0, 0.1) is 5.92 Å². The summed E-state index contributed by atoms with van der Waals surface area (Å²) in [6.07, 6.45) is 5.79. The molecule has 0 N–H and O–H groups in total. The van der Waals surface area contributed by atoms with Crippen molar-refractivity contribution < 1.29 is 4.74 Å². The lowest BCUT2D eigenvalue weighted by molar-refractivity contribution is 0.120. The number of hydrogen-bond acceptors (Lipinski definition) is 5. The van der Waals surface area contributed by atoms with E-state index in [2.05, 4.69) is 20.0 Å². The Bertz CT molecular complexity index is 556. The molecule has 0 saturated carbocycles. The van der Waals surface area contributed by atoms with Gasteiger partial charge in [0.25, 0.3) is 0 Å². The van der Waals surface area contributed by atoms with E-state index in [1.54, 1.807) is 12.5 Å². The summed E-state index contributed by atoms with van der Waals surface area (Å²) >= 11 is 0.